The summed E-state index contributed by atoms with van der Waals surface area (Å²) in [7, 11) is 0. The minimum Gasteiger partial charge on any atom is -0.394 e. The van der Waals surface area contributed by atoms with Crippen molar-refractivity contribution in [2.45, 2.75) is 38.2 Å². The number of fused-ring (bicyclic) bond motifs is 1. The van der Waals surface area contributed by atoms with Crippen molar-refractivity contribution < 1.29 is 14.9 Å². The number of aliphatic hydroxyl groups excluding tert-OH is 2. The van der Waals surface area contributed by atoms with Crippen molar-refractivity contribution >= 4 is 21.6 Å². The van der Waals surface area contributed by atoms with E-state index in [1.807, 2.05) is 6.07 Å². The van der Waals surface area contributed by atoms with E-state index in [2.05, 4.69) is 36.2 Å². The zero-order valence-electron chi connectivity index (χ0n) is 14.3. The van der Waals surface area contributed by atoms with Gasteiger partial charge in [0.05, 0.1) is 12.7 Å². The second kappa shape index (κ2) is 6.92. The maximum atomic E-state index is 12.4. The number of benzene rings is 1. The second-order valence-electron chi connectivity index (χ2n) is 6.47. The van der Waals surface area contributed by atoms with Gasteiger partial charge >= 0.3 is 5.69 Å². The van der Waals surface area contributed by atoms with E-state index in [0.29, 0.717) is 4.83 Å². The Balaban J connectivity index is 1.70. The first-order valence-corrected chi connectivity index (χ1v) is 9.47. The molecule has 0 aliphatic carbocycles. The van der Waals surface area contributed by atoms with E-state index in [9.17, 15) is 15.0 Å². The van der Waals surface area contributed by atoms with Gasteiger partial charge in [0.1, 0.15) is 17.2 Å². The van der Waals surface area contributed by atoms with Gasteiger partial charge in [0, 0.05) is 22.9 Å². The van der Waals surface area contributed by atoms with Crippen LogP contribution < -0.4 is 5.69 Å². The summed E-state index contributed by atoms with van der Waals surface area (Å²) < 4.78 is 6.98. The third kappa shape index (κ3) is 3.07. The van der Waals surface area contributed by atoms with Crippen LogP contribution in [0, 0.1) is 0 Å². The SMILES string of the molecule is CCc1ccc(-c2cc3cn(C4CC(O)C(CO)O4)c(=O)nc3s2)cc1. The molecule has 0 amide bonds. The topological polar surface area (TPSA) is 84.6 Å². The van der Waals surface area contributed by atoms with Crippen LogP contribution in [0.4, 0.5) is 0 Å². The molecule has 3 heterocycles. The summed E-state index contributed by atoms with van der Waals surface area (Å²) in [6.45, 7) is 1.84. The monoisotopic (exact) mass is 372 g/mol. The van der Waals surface area contributed by atoms with Gasteiger partial charge in [0.25, 0.3) is 0 Å². The van der Waals surface area contributed by atoms with Crippen LogP contribution in [0.25, 0.3) is 20.7 Å². The van der Waals surface area contributed by atoms with E-state index in [4.69, 9.17) is 4.74 Å². The molecule has 4 rings (SSSR count). The van der Waals surface area contributed by atoms with Crippen LogP contribution in [0.2, 0.25) is 0 Å². The summed E-state index contributed by atoms with van der Waals surface area (Å²) in [6.07, 6.45) is 0.908. The summed E-state index contributed by atoms with van der Waals surface area (Å²) in [5.41, 5.74) is 1.96. The molecule has 0 spiro atoms. The van der Waals surface area contributed by atoms with Crippen molar-refractivity contribution in [3.63, 3.8) is 0 Å². The molecule has 3 unspecified atom stereocenters. The van der Waals surface area contributed by atoms with E-state index in [1.165, 1.54) is 21.5 Å². The highest BCUT2D eigenvalue weighted by molar-refractivity contribution is 7.21. The van der Waals surface area contributed by atoms with Crippen LogP contribution in [0.1, 0.15) is 25.1 Å². The fourth-order valence-corrected chi connectivity index (χ4v) is 4.23. The molecule has 0 radical (unpaired) electrons. The maximum Gasteiger partial charge on any atom is 0.351 e. The van der Waals surface area contributed by atoms with Gasteiger partial charge in [-0.15, -0.1) is 11.3 Å². The predicted octanol–water partition coefficient (Wildman–Crippen LogP) is 2.33. The Bertz CT molecular complexity index is 979. The van der Waals surface area contributed by atoms with E-state index < -0.39 is 24.1 Å². The molecule has 2 N–H and O–H groups in total. The van der Waals surface area contributed by atoms with Crippen molar-refractivity contribution in [1.82, 2.24) is 9.55 Å². The number of aryl methyl sites for hydroxylation is 1. The van der Waals surface area contributed by atoms with Crippen LogP contribution in [-0.2, 0) is 11.2 Å². The number of hydrogen-bond acceptors (Lipinski definition) is 6. The summed E-state index contributed by atoms with van der Waals surface area (Å²) in [6, 6.07) is 10.4. The number of aromatic nitrogens is 2. The normalized spacial score (nSPS) is 23.0. The zero-order valence-corrected chi connectivity index (χ0v) is 15.1. The number of ether oxygens (including phenoxy) is 1. The molecule has 1 aliphatic rings. The van der Waals surface area contributed by atoms with Gasteiger partial charge in [0.15, 0.2) is 0 Å². The van der Waals surface area contributed by atoms with Gasteiger partial charge < -0.3 is 14.9 Å². The van der Waals surface area contributed by atoms with Gasteiger partial charge in [-0.1, -0.05) is 31.2 Å². The molecule has 136 valence electrons. The van der Waals surface area contributed by atoms with Gasteiger partial charge in [-0.3, -0.25) is 4.57 Å². The lowest BCUT2D eigenvalue weighted by atomic mass is 10.1. The average molecular weight is 372 g/mol. The molecular formula is C19H20N2O4S. The first kappa shape index (κ1) is 17.4. The smallest absolute Gasteiger partial charge is 0.351 e. The van der Waals surface area contributed by atoms with Gasteiger partial charge in [-0.2, -0.15) is 4.98 Å². The Morgan fingerprint density at radius 1 is 1.35 bits per heavy atom. The highest BCUT2D eigenvalue weighted by atomic mass is 32.1. The fraction of sp³-hybridized carbons (Fsp3) is 0.368. The summed E-state index contributed by atoms with van der Waals surface area (Å²) in [4.78, 5) is 18.3. The third-order valence-corrected chi connectivity index (χ3v) is 5.87. The molecule has 7 heteroatoms. The standard InChI is InChI=1S/C19H20N2O4S/c1-2-11-3-5-12(6-4-11)16-7-13-9-21(19(24)20-18(13)26-16)17-8-14(23)15(10-22)25-17/h3-7,9,14-15,17,22-23H,2,8,10H2,1H3. The van der Waals surface area contributed by atoms with Gasteiger partial charge in [0.2, 0.25) is 0 Å². The van der Waals surface area contributed by atoms with E-state index in [-0.39, 0.29) is 13.0 Å². The fourth-order valence-electron chi connectivity index (χ4n) is 3.23. The summed E-state index contributed by atoms with van der Waals surface area (Å²) in [5, 5.41) is 20.0. The highest BCUT2D eigenvalue weighted by Gasteiger charge is 2.35. The molecule has 6 nitrogen and oxygen atoms in total. The van der Waals surface area contributed by atoms with Crippen LogP contribution >= 0.6 is 11.3 Å². The Morgan fingerprint density at radius 3 is 2.77 bits per heavy atom. The number of thiophene rings is 1. The molecular weight excluding hydrogens is 352 g/mol. The van der Waals surface area contributed by atoms with E-state index in [1.54, 1.807) is 6.20 Å². The highest BCUT2D eigenvalue weighted by Crippen LogP contribution is 2.33. The first-order valence-electron chi connectivity index (χ1n) is 8.65. The lowest BCUT2D eigenvalue weighted by molar-refractivity contribution is -0.0457. The van der Waals surface area contributed by atoms with Crippen molar-refractivity contribution in [1.29, 1.82) is 0 Å². The number of hydrogen-bond donors (Lipinski definition) is 2. The molecule has 26 heavy (non-hydrogen) atoms. The summed E-state index contributed by atoms with van der Waals surface area (Å²) >= 11 is 1.48. The minimum absolute atomic E-state index is 0.258. The average Bonchev–Trinajstić information content (AvgIpc) is 3.23. The quantitative estimate of drug-likeness (QED) is 0.734. The molecule has 1 aliphatic heterocycles. The van der Waals surface area contributed by atoms with Crippen molar-refractivity contribution in [3.8, 4) is 10.4 Å². The lowest BCUT2D eigenvalue weighted by Crippen LogP contribution is -2.27. The van der Waals surface area contributed by atoms with Crippen LogP contribution in [0.15, 0.2) is 41.3 Å². The Labute approximate surface area is 154 Å². The first-order chi connectivity index (χ1) is 12.6. The largest absolute Gasteiger partial charge is 0.394 e. The number of nitrogens with zero attached hydrogens (tertiary/aromatic N) is 2. The summed E-state index contributed by atoms with van der Waals surface area (Å²) in [5.74, 6) is 0. The van der Waals surface area contributed by atoms with Crippen molar-refractivity contribution in [2.24, 2.45) is 0 Å². The zero-order chi connectivity index (χ0) is 18.3. The number of aliphatic hydroxyl groups is 2. The predicted molar refractivity (Wildman–Crippen MR) is 100 cm³/mol. The van der Waals surface area contributed by atoms with Crippen LogP contribution in [0.3, 0.4) is 0 Å². The molecule has 3 aromatic rings. The molecule has 0 saturated carbocycles. The van der Waals surface area contributed by atoms with Crippen molar-refractivity contribution in [3.05, 3.63) is 52.6 Å². The van der Waals surface area contributed by atoms with Crippen LogP contribution in [0.5, 0.6) is 0 Å². The Morgan fingerprint density at radius 2 is 2.12 bits per heavy atom. The molecule has 2 aromatic heterocycles. The Hall–Kier alpha value is -2.06. The van der Waals surface area contributed by atoms with Gasteiger partial charge in [-0.05, 0) is 23.6 Å². The molecule has 1 saturated heterocycles. The van der Waals surface area contributed by atoms with Crippen molar-refractivity contribution in [2.75, 3.05) is 6.61 Å². The lowest BCUT2D eigenvalue weighted by Gasteiger charge is -2.14. The third-order valence-electron chi connectivity index (χ3n) is 4.78. The maximum absolute atomic E-state index is 12.4. The number of rotatable bonds is 4. The molecule has 1 fully saturated rings. The second-order valence-corrected chi connectivity index (χ2v) is 7.50. The van der Waals surface area contributed by atoms with E-state index in [0.717, 1.165) is 22.2 Å². The molecule has 0 bridgehead atoms. The Kier molecular flexibility index (Phi) is 4.62. The minimum atomic E-state index is -0.789. The van der Waals surface area contributed by atoms with Crippen LogP contribution in [-0.4, -0.2) is 38.6 Å². The van der Waals surface area contributed by atoms with E-state index >= 15 is 0 Å². The molecule has 1 aromatic carbocycles. The molecule has 3 atom stereocenters. The van der Waals surface area contributed by atoms with Gasteiger partial charge in [-0.25, -0.2) is 4.79 Å².